The molecule has 0 radical (unpaired) electrons. The summed E-state index contributed by atoms with van der Waals surface area (Å²) in [4.78, 5) is 11.0. The third kappa shape index (κ3) is 3.42. The van der Waals surface area contributed by atoms with E-state index in [0.717, 1.165) is 0 Å². The molecule has 0 spiro atoms. The smallest absolute Gasteiger partial charge is 0.305 e. The van der Waals surface area contributed by atoms with Crippen LogP contribution >= 0.6 is 11.6 Å². The second kappa shape index (κ2) is 5.70. The van der Waals surface area contributed by atoms with Crippen LogP contribution in [0.4, 0.5) is 0 Å². The zero-order chi connectivity index (χ0) is 10.4. The van der Waals surface area contributed by atoms with Gasteiger partial charge < -0.3 is 9.15 Å². The van der Waals surface area contributed by atoms with Crippen molar-refractivity contribution in [2.45, 2.75) is 25.1 Å². The Kier molecular flexibility index (Phi) is 4.53. The highest BCUT2D eigenvalue weighted by Crippen LogP contribution is 2.25. The average molecular weight is 217 g/mol. The maximum absolute atomic E-state index is 11.0. The lowest BCUT2D eigenvalue weighted by Crippen LogP contribution is -2.04. The first kappa shape index (κ1) is 11.1. The molecule has 1 aromatic rings. The predicted octanol–water partition coefficient (Wildman–Crippen LogP) is 2.90. The zero-order valence-corrected chi connectivity index (χ0v) is 8.79. The van der Waals surface area contributed by atoms with E-state index in [0.29, 0.717) is 25.2 Å². The van der Waals surface area contributed by atoms with Gasteiger partial charge in [-0.05, 0) is 25.5 Å². The highest BCUT2D eigenvalue weighted by atomic mass is 35.5. The van der Waals surface area contributed by atoms with Crippen LogP contribution in [-0.2, 0) is 9.53 Å². The Bertz CT molecular complexity index is 269. The molecule has 0 aliphatic rings. The van der Waals surface area contributed by atoms with Crippen LogP contribution in [0.15, 0.2) is 22.8 Å². The van der Waals surface area contributed by atoms with Crippen molar-refractivity contribution in [3.63, 3.8) is 0 Å². The van der Waals surface area contributed by atoms with Crippen LogP contribution in [-0.4, -0.2) is 12.6 Å². The van der Waals surface area contributed by atoms with Crippen LogP contribution in [0.3, 0.4) is 0 Å². The molecule has 0 fully saturated rings. The summed E-state index contributed by atoms with van der Waals surface area (Å²) < 4.78 is 9.88. The van der Waals surface area contributed by atoms with Crippen molar-refractivity contribution in [1.29, 1.82) is 0 Å². The predicted molar refractivity (Wildman–Crippen MR) is 53.2 cm³/mol. The summed E-state index contributed by atoms with van der Waals surface area (Å²) >= 11 is 5.99. The van der Waals surface area contributed by atoms with Gasteiger partial charge in [-0.3, -0.25) is 4.79 Å². The van der Waals surface area contributed by atoms with Gasteiger partial charge in [0.25, 0.3) is 0 Å². The number of alkyl halides is 1. The number of ether oxygens (including phenoxy) is 1. The third-order valence-corrected chi connectivity index (χ3v) is 2.19. The van der Waals surface area contributed by atoms with Crippen molar-refractivity contribution in [2.75, 3.05) is 6.61 Å². The van der Waals surface area contributed by atoms with Gasteiger partial charge in [-0.25, -0.2) is 0 Å². The number of furan rings is 1. The van der Waals surface area contributed by atoms with Crippen LogP contribution in [0.2, 0.25) is 0 Å². The van der Waals surface area contributed by atoms with E-state index < -0.39 is 0 Å². The van der Waals surface area contributed by atoms with E-state index in [4.69, 9.17) is 20.8 Å². The van der Waals surface area contributed by atoms with Gasteiger partial charge >= 0.3 is 5.97 Å². The van der Waals surface area contributed by atoms with Crippen molar-refractivity contribution < 1.29 is 13.9 Å². The Morgan fingerprint density at radius 3 is 3.07 bits per heavy atom. The Morgan fingerprint density at radius 1 is 1.71 bits per heavy atom. The average Bonchev–Trinajstić information content (AvgIpc) is 2.67. The molecule has 0 aromatic carbocycles. The van der Waals surface area contributed by atoms with E-state index in [1.807, 2.05) is 0 Å². The van der Waals surface area contributed by atoms with E-state index in [-0.39, 0.29) is 11.3 Å². The maximum Gasteiger partial charge on any atom is 0.305 e. The lowest BCUT2D eigenvalue weighted by molar-refractivity contribution is -0.143. The van der Waals surface area contributed by atoms with E-state index in [9.17, 15) is 4.79 Å². The molecule has 1 atom stereocenters. The number of esters is 1. The SMILES string of the molecule is CCOC(=O)CCC(Cl)c1ccco1. The minimum atomic E-state index is -0.255. The van der Waals surface area contributed by atoms with E-state index in [1.165, 1.54) is 0 Å². The van der Waals surface area contributed by atoms with Crippen LogP contribution in [0.1, 0.15) is 30.9 Å². The number of halogens is 1. The molecular weight excluding hydrogens is 204 g/mol. The molecule has 0 aliphatic carbocycles. The molecule has 1 aromatic heterocycles. The van der Waals surface area contributed by atoms with Crippen molar-refractivity contribution >= 4 is 17.6 Å². The van der Waals surface area contributed by atoms with Gasteiger partial charge in [0.15, 0.2) is 0 Å². The summed E-state index contributed by atoms with van der Waals surface area (Å²) in [5.41, 5.74) is 0. The highest BCUT2D eigenvalue weighted by molar-refractivity contribution is 6.20. The zero-order valence-electron chi connectivity index (χ0n) is 8.03. The van der Waals surface area contributed by atoms with E-state index >= 15 is 0 Å². The summed E-state index contributed by atoms with van der Waals surface area (Å²) in [5, 5.41) is -0.255. The molecule has 0 N–H and O–H groups in total. The first-order valence-electron chi connectivity index (χ1n) is 4.57. The van der Waals surface area contributed by atoms with E-state index in [2.05, 4.69) is 0 Å². The van der Waals surface area contributed by atoms with Crippen LogP contribution in [0.25, 0.3) is 0 Å². The molecule has 0 amide bonds. The van der Waals surface area contributed by atoms with Gasteiger partial charge in [-0.15, -0.1) is 11.6 Å². The number of hydrogen-bond acceptors (Lipinski definition) is 3. The van der Waals surface area contributed by atoms with Crippen molar-refractivity contribution in [3.05, 3.63) is 24.2 Å². The molecule has 78 valence electrons. The largest absolute Gasteiger partial charge is 0.468 e. The van der Waals surface area contributed by atoms with Crippen molar-refractivity contribution in [3.8, 4) is 0 Å². The molecule has 1 rings (SSSR count). The van der Waals surface area contributed by atoms with Crippen LogP contribution < -0.4 is 0 Å². The molecule has 1 heterocycles. The second-order valence-electron chi connectivity index (χ2n) is 2.83. The molecule has 14 heavy (non-hydrogen) atoms. The fourth-order valence-corrected chi connectivity index (χ4v) is 1.32. The maximum atomic E-state index is 11.0. The lowest BCUT2D eigenvalue weighted by atomic mass is 10.2. The minimum Gasteiger partial charge on any atom is -0.468 e. The standard InChI is InChI=1S/C10H13ClO3/c1-2-13-10(12)6-5-8(11)9-4-3-7-14-9/h3-4,7-8H,2,5-6H2,1H3. The highest BCUT2D eigenvalue weighted by Gasteiger charge is 2.13. The summed E-state index contributed by atoms with van der Waals surface area (Å²) in [7, 11) is 0. The summed E-state index contributed by atoms with van der Waals surface area (Å²) in [6, 6.07) is 3.57. The molecule has 4 heteroatoms. The Hall–Kier alpha value is -0.960. The molecule has 0 saturated carbocycles. The van der Waals surface area contributed by atoms with E-state index in [1.54, 1.807) is 25.3 Å². The Morgan fingerprint density at radius 2 is 2.50 bits per heavy atom. The topological polar surface area (TPSA) is 39.4 Å². The first-order chi connectivity index (χ1) is 6.74. The fourth-order valence-electron chi connectivity index (χ4n) is 1.09. The fraction of sp³-hybridized carbons (Fsp3) is 0.500. The van der Waals surface area contributed by atoms with Crippen molar-refractivity contribution in [1.82, 2.24) is 0 Å². The van der Waals surface area contributed by atoms with Gasteiger partial charge in [0.05, 0.1) is 18.2 Å². The molecule has 0 saturated heterocycles. The summed E-state index contributed by atoms with van der Waals surface area (Å²) in [6.07, 6.45) is 2.42. The molecule has 0 aliphatic heterocycles. The van der Waals surface area contributed by atoms with Gasteiger partial charge in [0, 0.05) is 6.42 Å². The Labute approximate surface area is 88.0 Å². The van der Waals surface area contributed by atoms with Gasteiger partial charge in [0.1, 0.15) is 5.76 Å². The Balaban J connectivity index is 2.28. The molecule has 3 nitrogen and oxygen atoms in total. The second-order valence-corrected chi connectivity index (χ2v) is 3.35. The first-order valence-corrected chi connectivity index (χ1v) is 5.00. The number of hydrogen-bond donors (Lipinski definition) is 0. The minimum absolute atomic E-state index is 0.218. The number of carbonyl (C=O) groups is 1. The lowest BCUT2D eigenvalue weighted by Gasteiger charge is -2.05. The van der Waals surface area contributed by atoms with Crippen LogP contribution in [0.5, 0.6) is 0 Å². The van der Waals surface area contributed by atoms with Gasteiger partial charge in [0.2, 0.25) is 0 Å². The molecule has 0 bridgehead atoms. The van der Waals surface area contributed by atoms with Crippen LogP contribution in [0, 0.1) is 0 Å². The van der Waals surface area contributed by atoms with Gasteiger partial charge in [-0.2, -0.15) is 0 Å². The number of rotatable bonds is 5. The molecular formula is C10H13ClO3. The van der Waals surface area contributed by atoms with Gasteiger partial charge in [-0.1, -0.05) is 0 Å². The molecule has 1 unspecified atom stereocenters. The number of carbonyl (C=O) groups excluding carboxylic acids is 1. The quantitative estimate of drug-likeness (QED) is 0.561. The summed E-state index contributed by atoms with van der Waals surface area (Å²) in [5.74, 6) is 0.473. The summed E-state index contributed by atoms with van der Waals surface area (Å²) in [6.45, 7) is 2.19. The monoisotopic (exact) mass is 216 g/mol. The normalized spacial score (nSPS) is 12.4. The van der Waals surface area contributed by atoms with Crippen molar-refractivity contribution in [2.24, 2.45) is 0 Å². The third-order valence-electron chi connectivity index (χ3n) is 1.76.